The summed E-state index contributed by atoms with van der Waals surface area (Å²) >= 11 is 13.1. The van der Waals surface area contributed by atoms with Crippen molar-refractivity contribution < 1.29 is 14.3 Å². The van der Waals surface area contributed by atoms with Crippen LogP contribution in [0.1, 0.15) is 17.0 Å². The molecular weight excluding hydrogens is 477 g/mol. The van der Waals surface area contributed by atoms with Crippen molar-refractivity contribution in [2.24, 2.45) is 7.05 Å². The Labute approximate surface area is 206 Å². The van der Waals surface area contributed by atoms with Crippen molar-refractivity contribution in [3.8, 4) is 11.5 Å². The third kappa shape index (κ3) is 4.60. The Morgan fingerprint density at radius 2 is 1.88 bits per heavy atom. The first-order valence-electron chi connectivity index (χ1n) is 10.3. The van der Waals surface area contributed by atoms with E-state index < -0.39 is 0 Å². The quantitative estimate of drug-likeness (QED) is 0.350. The number of carbonyl (C=O) groups excluding carboxylic acids is 1. The molecule has 4 aromatic rings. The molecule has 8 nitrogen and oxygen atoms in total. The van der Waals surface area contributed by atoms with Crippen molar-refractivity contribution in [2.75, 3.05) is 19.5 Å². The Hall–Kier alpha value is -3.49. The molecular formula is C24H23Cl2N5O3. The Balaban J connectivity index is 1.64. The molecule has 1 amide bonds. The number of aromatic nitrogens is 4. The van der Waals surface area contributed by atoms with Crippen LogP contribution in [-0.2, 0) is 24.8 Å². The minimum atomic E-state index is -0.291. The summed E-state index contributed by atoms with van der Waals surface area (Å²) < 4.78 is 14.4. The van der Waals surface area contributed by atoms with Crippen molar-refractivity contribution in [1.82, 2.24) is 19.3 Å². The first-order chi connectivity index (χ1) is 16.3. The first kappa shape index (κ1) is 23.7. The lowest BCUT2D eigenvalue weighted by Crippen LogP contribution is -2.08. The maximum absolute atomic E-state index is 11.7. The molecule has 0 aliphatic carbocycles. The molecule has 4 rings (SSSR count). The lowest BCUT2D eigenvalue weighted by molar-refractivity contribution is -0.111. The van der Waals surface area contributed by atoms with Gasteiger partial charge in [0, 0.05) is 43.2 Å². The zero-order valence-electron chi connectivity index (χ0n) is 18.9. The number of hydrogen-bond acceptors (Lipinski definition) is 5. The SMILES string of the molecule is C=CC(=O)Nc1cn(C)nc1Cc1ccc2c(ccn2Cc2c(Cl)c(OC)cc(OC)c2Cl)n1. The van der Waals surface area contributed by atoms with Gasteiger partial charge in [0.2, 0.25) is 5.91 Å². The summed E-state index contributed by atoms with van der Waals surface area (Å²) in [5.74, 6) is 0.690. The highest BCUT2D eigenvalue weighted by Gasteiger charge is 2.18. The van der Waals surface area contributed by atoms with Gasteiger partial charge >= 0.3 is 0 Å². The molecule has 0 spiro atoms. The van der Waals surface area contributed by atoms with E-state index in [-0.39, 0.29) is 5.91 Å². The molecule has 0 saturated carbocycles. The summed E-state index contributed by atoms with van der Waals surface area (Å²) in [7, 11) is 4.89. The number of rotatable bonds is 8. The number of carbonyl (C=O) groups is 1. The molecule has 176 valence electrons. The fourth-order valence-corrected chi connectivity index (χ4v) is 4.34. The van der Waals surface area contributed by atoms with Gasteiger partial charge in [-0.05, 0) is 24.3 Å². The molecule has 0 fully saturated rings. The Kier molecular flexibility index (Phi) is 6.81. The highest BCUT2D eigenvalue weighted by Crippen LogP contribution is 2.41. The number of nitrogens with one attached hydrogen (secondary N) is 1. The van der Waals surface area contributed by atoms with E-state index in [4.69, 9.17) is 37.7 Å². The van der Waals surface area contributed by atoms with Crippen LogP contribution < -0.4 is 14.8 Å². The van der Waals surface area contributed by atoms with Crippen LogP contribution in [0.5, 0.6) is 11.5 Å². The number of pyridine rings is 1. The van der Waals surface area contributed by atoms with Gasteiger partial charge in [-0.3, -0.25) is 14.5 Å². The fourth-order valence-electron chi connectivity index (χ4n) is 3.72. The molecule has 3 heterocycles. The smallest absolute Gasteiger partial charge is 0.247 e. The van der Waals surface area contributed by atoms with Crippen molar-refractivity contribution >= 4 is 45.8 Å². The summed E-state index contributed by atoms with van der Waals surface area (Å²) in [5, 5.41) is 8.11. The van der Waals surface area contributed by atoms with Crippen LogP contribution >= 0.6 is 23.2 Å². The summed E-state index contributed by atoms with van der Waals surface area (Å²) in [4.78, 5) is 16.5. The van der Waals surface area contributed by atoms with Crippen molar-refractivity contribution in [3.05, 3.63) is 76.3 Å². The minimum Gasteiger partial charge on any atom is -0.495 e. The normalized spacial score (nSPS) is 11.0. The van der Waals surface area contributed by atoms with E-state index in [0.717, 1.165) is 16.7 Å². The molecule has 0 aliphatic rings. The van der Waals surface area contributed by atoms with E-state index in [1.54, 1.807) is 38.2 Å². The van der Waals surface area contributed by atoms with Crippen molar-refractivity contribution in [1.29, 1.82) is 0 Å². The molecule has 0 atom stereocenters. The van der Waals surface area contributed by atoms with Gasteiger partial charge in [-0.25, -0.2) is 0 Å². The van der Waals surface area contributed by atoms with Crippen molar-refractivity contribution in [3.63, 3.8) is 0 Å². The second-order valence-electron chi connectivity index (χ2n) is 7.57. The zero-order valence-corrected chi connectivity index (χ0v) is 20.4. The summed E-state index contributed by atoms with van der Waals surface area (Å²) in [6.45, 7) is 3.90. The molecule has 34 heavy (non-hydrogen) atoms. The number of nitrogens with zero attached hydrogens (tertiary/aromatic N) is 4. The number of ether oxygens (including phenoxy) is 2. The predicted molar refractivity (Wildman–Crippen MR) is 133 cm³/mol. The van der Waals surface area contributed by atoms with E-state index in [0.29, 0.717) is 51.5 Å². The van der Waals surface area contributed by atoms with Gasteiger partial charge in [0.1, 0.15) is 11.5 Å². The van der Waals surface area contributed by atoms with Gasteiger partial charge in [-0.15, -0.1) is 0 Å². The number of hydrogen-bond donors (Lipinski definition) is 1. The molecule has 1 aromatic carbocycles. The number of halogens is 2. The van der Waals surface area contributed by atoms with E-state index >= 15 is 0 Å². The van der Waals surface area contributed by atoms with Crippen LogP contribution in [-0.4, -0.2) is 39.5 Å². The number of anilines is 1. The Bertz CT molecular complexity index is 1370. The highest BCUT2D eigenvalue weighted by atomic mass is 35.5. The highest BCUT2D eigenvalue weighted by molar-refractivity contribution is 6.37. The molecule has 1 N–H and O–H groups in total. The van der Waals surface area contributed by atoms with E-state index in [1.807, 2.05) is 29.0 Å². The van der Waals surface area contributed by atoms with Crippen molar-refractivity contribution in [2.45, 2.75) is 13.0 Å². The van der Waals surface area contributed by atoms with E-state index in [9.17, 15) is 4.79 Å². The van der Waals surface area contributed by atoms with Crippen LogP contribution in [0.15, 0.2) is 49.3 Å². The number of fused-ring (bicyclic) bond motifs is 1. The topological polar surface area (TPSA) is 83.2 Å². The fraction of sp³-hybridized carbons (Fsp3) is 0.208. The lowest BCUT2D eigenvalue weighted by atomic mass is 10.1. The molecule has 0 unspecified atom stereocenters. The van der Waals surface area contributed by atoms with Crippen LogP contribution in [0.4, 0.5) is 5.69 Å². The number of aryl methyl sites for hydroxylation is 1. The minimum absolute atomic E-state index is 0.291. The van der Waals surface area contributed by atoms with Crippen LogP contribution in [0.3, 0.4) is 0 Å². The second-order valence-corrected chi connectivity index (χ2v) is 8.33. The molecule has 10 heteroatoms. The largest absolute Gasteiger partial charge is 0.495 e. The molecule has 0 bridgehead atoms. The van der Waals surface area contributed by atoms with E-state index in [1.165, 1.54) is 6.08 Å². The molecule has 0 aliphatic heterocycles. The van der Waals surface area contributed by atoms with Gasteiger partial charge in [-0.1, -0.05) is 29.8 Å². The third-order valence-corrected chi connectivity index (χ3v) is 6.20. The Morgan fingerprint density at radius 1 is 1.18 bits per heavy atom. The van der Waals surface area contributed by atoms with Gasteiger partial charge in [0.25, 0.3) is 0 Å². The van der Waals surface area contributed by atoms with Gasteiger partial charge in [-0.2, -0.15) is 5.10 Å². The summed E-state index contributed by atoms with van der Waals surface area (Å²) in [6, 6.07) is 7.51. The number of benzene rings is 1. The summed E-state index contributed by atoms with van der Waals surface area (Å²) in [5.41, 5.74) is 4.58. The monoisotopic (exact) mass is 499 g/mol. The predicted octanol–water partition coefficient (Wildman–Crippen LogP) is 4.86. The van der Waals surface area contributed by atoms with Crippen LogP contribution in [0.25, 0.3) is 11.0 Å². The van der Waals surface area contributed by atoms with Crippen LogP contribution in [0.2, 0.25) is 10.0 Å². The van der Waals surface area contributed by atoms with Gasteiger partial charge in [0.05, 0.1) is 53.2 Å². The second kappa shape index (κ2) is 9.79. The molecule has 0 saturated heterocycles. The summed E-state index contributed by atoms with van der Waals surface area (Å²) in [6.07, 6.45) is 5.36. The first-order valence-corrected chi connectivity index (χ1v) is 11.1. The average Bonchev–Trinajstić information content (AvgIpc) is 3.38. The maximum atomic E-state index is 11.7. The maximum Gasteiger partial charge on any atom is 0.247 e. The molecule has 0 radical (unpaired) electrons. The third-order valence-electron chi connectivity index (χ3n) is 5.37. The Morgan fingerprint density at radius 3 is 2.53 bits per heavy atom. The van der Waals surface area contributed by atoms with E-state index in [2.05, 4.69) is 17.0 Å². The number of amides is 1. The molecule has 3 aromatic heterocycles. The zero-order chi connectivity index (χ0) is 24.4. The standard InChI is InChI=1S/C24H23Cl2N5O3/c1-5-22(32)28-18-13-30(2)29-17(18)10-14-6-7-19-16(27-14)8-9-31(19)12-15-23(25)20(33-3)11-21(34-4)24(15)26/h5-9,11,13H,1,10,12H2,2-4H3,(H,28,32). The average molecular weight is 500 g/mol. The van der Waals surface area contributed by atoms with Gasteiger partial charge in [0.15, 0.2) is 0 Å². The van der Waals surface area contributed by atoms with Gasteiger partial charge < -0.3 is 19.4 Å². The van der Waals surface area contributed by atoms with Crippen LogP contribution in [0, 0.1) is 0 Å². The lowest BCUT2D eigenvalue weighted by Gasteiger charge is -2.15. The number of methoxy groups -OCH3 is 2.